The Morgan fingerprint density at radius 2 is 1.97 bits per heavy atom. The van der Waals surface area contributed by atoms with E-state index in [4.69, 9.17) is 36.3 Å². The second kappa shape index (κ2) is 12.6. The molecule has 3 rings (SSSR count). The fourth-order valence-electron chi connectivity index (χ4n) is 4.24. The number of nitrogens with zero attached hydrogens (tertiary/aromatic N) is 1. The molecule has 1 heterocycles. The lowest BCUT2D eigenvalue weighted by molar-refractivity contribution is -0.166. The molecule has 1 aliphatic rings. The van der Waals surface area contributed by atoms with Gasteiger partial charge in [-0.3, -0.25) is 14.4 Å². The zero-order valence-electron chi connectivity index (χ0n) is 21.8. The van der Waals surface area contributed by atoms with Gasteiger partial charge in [-0.05, 0) is 24.3 Å². The minimum atomic E-state index is -1.56. The van der Waals surface area contributed by atoms with Crippen LogP contribution in [0.2, 0.25) is 5.02 Å². The van der Waals surface area contributed by atoms with E-state index in [-0.39, 0.29) is 26.1 Å². The van der Waals surface area contributed by atoms with Gasteiger partial charge >= 0.3 is 5.97 Å². The number of carbonyl (C=O) groups is 3. The van der Waals surface area contributed by atoms with Crippen molar-refractivity contribution >= 4 is 35.5 Å². The van der Waals surface area contributed by atoms with Gasteiger partial charge in [-0.25, -0.2) is 0 Å². The summed E-state index contributed by atoms with van der Waals surface area (Å²) >= 11 is 6.40. The summed E-state index contributed by atoms with van der Waals surface area (Å²) in [6.45, 7) is 3.44. The van der Waals surface area contributed by atoms with Crippen molar-refractivity contribution in [1.29, 1.82) is 0 Å². The molecular formula is C27H33ClN2O8. The summed E-state index contributed by atoms with van der Waals surface area (Å²) in [6.07, 6.45) is -3.87. The topological polar surface area (TPSA) is 138 Å². The summed E-state index contributed by atoms with van der Waals surface area (Å²) in [5, 5.41) is 10.4. The molecule has 0 saturated carbocycles. The number of ether oxygens (including phenoxy) is 4. The Bertz CT molecular complexity index is 1170. The Morgan fingerprint density at radius 3 is 2.58 bits per heavy atom. The first-order chi connectivity index (χ1) is 18.1. The van der Waals surface area contributed by atoms with E-state index in [1.165, 1.54) is 19.1 Å². The van der Waals surface area contributed by atoms with Gasteiger partial charge in [0.15, 0.2) is 30.0 Å². The maximum atomic E-state index is 14.0. The van der Waals surface area contributed by atoms with Gasteiger partial charge in [0.25, 0.3) is 5.91 Å². The van der Waals surface area contributed by atoms with Crippen LogP contribution < -0.4 is 20.1 Å². The number of aldehydes is 1. The summed E-state index contributed by atoms with van der Waals surface area (Å²) in [5.74, 6) is -0.603. The van der Waals surface area contributed by atoms with Crippen molar-refractivity contribution in [3.63, 3.8) is 0 Å². The first-order valence-corrected chi connectivity index (χ1v) is 12.4. The van der Waals surface area contributed by atoms with Crippen LogP contribution in [0, 0.1) is 5.41 Å². The molecule has 1 aliphatic heterocycles. The van der Waals surface area contributed by atoms with Gasteiger partial charge < -0.3 is 34.7 Å². The minimum Gasteiger partial charge on any atom is -0.493 e. The number of esters is 1. The highest BCUT2D eigenvalue weighted by molar-refractivity contribution is 6.30. The number of aliphatic hydroxyl groups is 1. The Morgan fingerprint density at radius 1 is 1.24 bits per heavy atom. The van der Waals surface area contributed by atoms with Gasteiger partial charge in [0, 0.05) is 46.9 Å². The van der Waals surface area contributed by atoms with Crippen LogP contribution >= 0.6 is 11.6 Å². The normalized spacial score (nSPS) is 18.3. The van der Waals surface area contributed by atoms with Gasteiger partial charge in [-0.1, -0.05) is 37.6 Å². The fraction of sp³-hybridized carbons (Fsp3) is 0.444. The Kier molecular flexibility index (Phi) is 9.72. The number of benzene rings is 2. The van der Waals surface area contributed by atoms with Crippen molar-refractivity contribution in [3.8, 4) is 11.5 Å². The number of carbonyl (C=O) groups excluding carboxylic acids is 3. The van der Waals surface area contributed by atoms with Gasteiger partial charge in [-0.2, -0.15) is 0 Å². The van der Waals surface area contributed by atoms with Crippen molar-refractivity contribution in [2.45, 2.75) is 38.6 Å². The number of para-hydroxylation sites is 1. The lowest BCUT2D eigenvalue weighted by Crippen LogP contribution is -2.50. The molecule has 0 radical (unpaired) electrons. The van der Waals surface area contributed by atoms with Crippen molar-refractivity contribution in [3.05, 3.63) is 52.5 Å². The molecule has 0 unspecified atom stereocenters. The van der Waals surface area contributed by atoms with Crippen LogP contribution in [0.25, 0.3) is 0 Å². The van der Waals surface area contributed by atoms with Crippen LogP contribution in [-0.2, 0) is 23.9 Å². The quantitative estimate of drug-likeness (QED) is 0.320. The zero-order valence-corrected chi connectivity index (χ0v) is 22.6. The molecule has 11 heteroatoms. The second-order valence-corrected chi connectivity index (χ2v) is 10.0. The van der Waals surface area contributed by atoms with E-state index in [1.54, 1.807) is 50.2 Å². The van der Waals surface area contributed by atoms with Crippen molar-refractivity contribution in [2.24, 2.45) is 11.1 Å². The standard InChI is InChI=1S/C27H33ClN2O8/c1-27(2,15-32)14-30-19-9-8-16(28)12-18(19)23(17-6-5-7-20(35-3)24(17)36-4)38-25(26(30)34)21(13-31)37-22(33)10-11-29/h5-9,12-13,21,23,25,32H,10-11,14-15,29H2,1-4H3/t21-,23-,25-/m1/s1. The molecule has 0 aromatic heterocycles. The third-order valence-electron chi connectivity index (χ3n) is 6.13. The molecule has 1 amide bonds. The molecule has 2 aromatic rings. The average Bonchev–Trinajstić information content (AvgIpc) is 3.01. The molecule has 0 fully saturated rings. The van der Waals surface area contributed by atoms with Crippen LogP contribution in [0.5, 0.6) is 11.5 Å². The van der Waals surface area contributed by atoms with E-state index in [0.29, 0.717) is 39.6 Å². The number of nitrogens with two attached hydrogens (primary N) is 1. The number of amides is 1. The van der Waals surface area contributed by atoms with Crippen LogP contribution in [0.15, 0.2) is 36.4 Å². The maximum absolute atomic E-state index is 14.0. The van der Waals surface area contributed by atoms with Crippen LogP contribution in [0.4, 0.5) is 5.69 Å². The lowest BCUT2D eigenvalue weighted by atomic mass is 9.92. The summed E-state index contributed by atoms with van der Waals surface area (Å²) in [7, 11) is 2.96. The number of methoxy groups -OCH3 is 2. The highest BCUT2D eigenvalue weighted by Gasteiger charge is 2.44. The summed E-state index contributed by atoms with van der Waals surface area (Å²) in [4.78, 5) is 39.9. The minimum absolute atomic E-state index is 0.00820. The molecule has 38 heavy (non-hydrogen) atoms. The predicted molar refractivity (Wildman–Crippen MR) is 141 cm³/mol. The molecule has 3 N–H and O–H groups in total. The monoisotopic (exact) mass is 548 g/mol. The lowest BCUT2D eigenvalue weighted by Gasteiger charge is -2.33. The Hall–Kier alpha value is -3.18. The number of hydrogen-bond acceptors (Lipinski definition) is 9. The van der Waals surface area contributed by atoms with Crippen molar-refractivity contribution in [1.82, 2.24) is 0 Å². The second-order valence-electron chi connectivity index (χ2n) is 9.60. The molecule has 3 atom stereocenters. The van der Waals surface area contributed by atoms with Crippen LogP contribution in [-0.4, -0.2) is 69.4 Å². The van der Waals surface area contributed by atoms with E-state index in [0.717, 1.165) is 0 Å². The first-order valence-electron chi connectivity index (χ1n) is 12.0. The molecule has 0 bridgehead atoms. The fourth-order valence-corrected chi connectivity index (χ4v) is 4.42. The Labute approximate surface area is 226 Å². The average molecular weight is 549 g/mol. The molecule has 206 valence electrons. The number of hydrogen-bond donors (Lipinski definition) is 2. The van der Waals surface area contributed by atoms with E-state index in [9.17, 15) is 19.5 Å². The van der Waals surface area contributed by atoms with Gasteiger partial charge in [0.05, 0.1) is 20.6 Å². The van der Waals surface area contributed by atoms with Crippen molar-refractivity contribution < 1.29 is 38.4 Å². The largest absolute Gasteiger partial charge is 0.493 e. The molecule has 0 spiro atoms. The maximum Gasteiger partial charge on any atom is 0.307 e. The predicted octanol–water partition coefficient (Wildman–Crippen LogP) is 2.66. The highest BCUT2D eigenvalue weighted by atomic mass is 35.5. The summed E-state index contributed by atoms with van der Waals surface area (Å²) in [6, 6.07) is 10.1. The van der Waals surface area contributed by atoms with Gasteiger partial charge in [0.2, 0.25) is 0 Å². The van der Waals surface area contributed by atoms with E-state index >= 15 is 0 Å². The van der Waals surface area contributed by atoms with Crippen molar-refractivity contribution in [2.75, 3.05) is 38.8 Å². The third-order valence-corrected chi connectivity index (χ3v) is 6.37. The SMILES string of the molecule is COc1cccc([C@H]2O[C@H]([C@@H](C=O)OC(=O)CCN)C(=O)N(CC(C)(C)CO)c3ccc(Cl)cc32)c1OC. The molecule has 2 aromatic carbocycles. The molecule has 0 aliphatic carbocycles. The first kappa shape index (κ1) is 29.4. The number of fused-ring (bicyclic) bond motifs is 1. The summed E-state index contributed by atoms with van der Waals surface area (Å²) in [5.41, 5.74) is 6.19. The number of anilines is 1. The Balaban J connectivity index is 2.27. The van der Waals surface area contributed by atoms with Crippen LogP contribution in [0.1, 0.15) is 37.5 Å². The zero-order chi connectivity index (χ0) is 28.0. The number of halogens is 1. The third kappa shape index (κ3) is 6.27. The van der Waals surface area contributed by atoms with Gasteiger partial charge in [-0.15, -0.1) is 0 Å². The van der Waals surface area contributed by atoms with E-state index < -0.39 is 35.6 Å². The number of aliphatic hydroxyl groups excluding tert-OH is 1. The summed E-state index contributed by atoms with van der Waals surface area (Å²) < 4.78 is 22.8. The number of rotatable bonds is 11. The molecule has 0 saturated heterocycles. The molecule has 10 nitrogen and oxygen atoms in total. The smallest absolute Gasteiger partial charge is 0.307 e. The van der Waals surface area contributed by atoms with Gasteiger partial charge in [0.1, 0.15) is 6.10 Å². The van der Waals surface area contributed by atoms with E-state index in [1.807, 2.05) is 0 Å². The van der Waals surface area contributed by atoms with Crippen LogP contribution in [0.3, 0.4) is 0 Å². The highest BCUT2D eigenvalue weighted by Crippen LogP contribution is 2.45. The molecular weight excluding hydrogens is 516 g/mol. The van der Waals surface area contributed by atoms with E-state index in [2.05, 4.69) is 0 Å².